The lowest BCUT2D eigenvalue weighted by Crippen LogP contribution is -2.24. The van der Waals surface area contributed by atoms with E-state index in [-0.39, 0.29) is 11.4 Å². The highest BCUT2D eigenvalue weighted by molar-refractivity contribution is 6.09. The van der Waals surface area contributed by atoms with E-state index in [9.17, 15) is 4.79 Å². The number of ketones is 1. The Balaban J connectivity index is 1.97. The van der Waals surface area contributed by atoms with Gasteiger partial charge in [-0.05, 0) is 63.6 Å². The molecule has 2 nitrogen and oxygen atoms in total. The molecule has 0 aromatic heterocycles. The summed E-state index contributed by atoms with van der Waals surface area (Å²) >= 11 is 0. The molecule has 2 heteroatoms. The average molecular weight is 280 g/mol. The van der Waals surface area contributed by atoms with E-state index in [0.29, 0.717) is 0 Å². The summed E-state index contributed by atoms with van der Waals surface area (Å²) < 4.78 is 5.86. The number of carbonyl (C=O) groups is 1. The predicted octanol–water partition coefficient (Wildman–Crippen LogP) is 4.25. The van der Waals surface area contributed by atoms with E-state index >= 15 is 0 Å². The fourth-order valence-electron chi connectivity index (χ4n) is 3.02. The van der Waals surface area contributed by atoms with Crippen LogP contribution in [0.15, 0.2) is 36.4 Å². The molecule has 0 amide bonds. The minimum atomic E-state index is -0.177. The zero-order valence-corrected chi connectivity index (χ0v) is 13.0. The molecule has 0 fully saturated rings. The Hall–Kier alpha value is -2.09. The van der Waals surface area contributed by atoms with Crippen molar-refractivity contribution in [1.29, 1.82) is 0 Å². The van der Waals surface area contributed by atoms with Crippen molar-refractivity contribution < 1.29 is 9.53 Å². The molecule has 3 rings (SSSR count). The van der Waals surface area contributed by atoms with Crippen molar-refractivity contribution >= 4 is 5.78 Å². The first-order valence-electron chi connectivity index (χ1n) is 7.29. The van der Waals surface area contributed by atoms with Gasteiger partial charge in [-0.3, -0.25) is 4.79 Å². The van der Waals surface area contributed by atoms with Gasteiger partial charge < -0.3 is 4.74 Å². The Bertz CT molecular complexity index is 706. The Morgan fingerprint density at radius 1 is 1.00 bits per heavy atom. The van der Waals surface area contributed by atoms with Crippen molar-refractivity contribution in [3.05, 3.63) is 64.2 Å². The van der Waals surface area contributed by atoms with Gasteiger partial charge in [0.2, 0.25) is 0 Å². The van der Waals surface area contributed by atoms with Gasteiger partial charge >= 0.3 is 0 Å². The number of hydrogen-bond acceptors (Lipinski definition) is 2. The molecular formula is C19H20O2. The topological polar surface area (TPSA) is 26.3 Å². The lowest BCUT2D eigenvalue weighted by Gasteiger charge is -2.16. The standard InChI is InChI=1S/C19H20O2/c1-12-7-13(2)9-15(8-12)18(20)14-5-6-17-16(10-14)11-19(3,4)21-17/h5-10H,11H2,1-4H3. The van der Waals surface area contributed by atoms with E-state index in [2.05, 4.69) is 19.9 Å². The molecule has 0 bridgehead atoms. The third-order valence-corrected chi connectivity index (χ3v) is 3.81. The van der Waals surface area contributed by atoms with E-state index in [1.54, 1.807) is 0 Å². The first-order chi connectivity index (χ1) is 9.84. The zero-order valence-electron chi connectivity index (χ0n) is 13.0. The van der Waals surface area contributed by atoms with Crippen LogP contribution in [0.1, 0.15) is 46.5 Å². The van der Waals surface area contributed by atoms with Gasteiger partial charge in [0, 0.05) is 17.5 Å². The largest absolute Gasteiger partial charge is 0.487 e. The van der Waals surface area contributed by atoms with Crippen LogP contribution in [0.3, 0.4) is 0 Å². The fraction of sp³-hybridized carbons (Fsp3) is 0.316. The van der Waals surface area contributed by atoms with Gasteiger partial charge in [-0.25, -0.2) is 0 Å². The van der Waals surface area contributed by atoms with E-state index in [4.69, 9.17) is 4.74 Å². The third kappa shape index (κ3) is 2.71. The summed E-state index contributed by atoms with van der Waals surface area (Å²) in [5.74, 6) is 0.978. The van der Waals surface area contributed by atoms with Crippen LogP contribution < -0.4 is 4.74 Å². The number of aryl methyl sites for hydroxylation is 2. The molecule has 0 N–H and O–H groups in total. The van der Waals surface area contributed by atoms with E-state index < -0.39 is 0 Å². The number of hydrogen-bond donors (Lipinski definition) is 0. The molecule has 108 valence electrons. The zero-order chi connectivity index (χ0) is 15.2. The van der Waals surface area contributed by atoms with Crippen LogP contribution in [0, 0.1) is 13.8 Å². The summed E-state index contributed by atoms with van der Waals surface area (Å²) in [6.45, 7) is 8.17. The normalized spacial score (nSPS) is 15.4. The van der Waals surface area contributed by atoms with Crippen molar-refractivity contribution in [3.63, 3.8) is 0 Å². The van der Waals surface area contributed by atoms with E-state index in [1.807, 2.05) is 44.2 Å². The maximum Gasteiger partial charge on any atom is 0.193 e. The van der Waals surface area contributed by atoms with Crippen molar-refractivity contribution in [2.75, 3.05) is 0 Å². The first-order valence-corrected chi connectivity index (χ1v) is 7.29. The van der Waals surface area contributed by atoms with Crippen LogP contribution in [0.4, 0.5) is 0 Å². The quantitative estimate of drug-likeness (QED) is 0.769. The van der Waals surface area contributed by atoms with Crippen LogP contribution in [0.5, 0.6) is 5.75 Å². The van der Waals surface area contributed by atoms with Crippen molar-refractivity contribution in [2.45, 2.75) is 39.7 Å². The average Bonchev–Trinajstić information content (AvgIpc) is 2.69. The van der Waals surface area contributed by atoms with E-state index in [1.165, 1.54) is 0 Å². The van der Waals surface area contributed by atoms with Gasteiger partial charge in [0.15, 0.2) is 5.78 Å². The molecule has 0 atom stereocenters. The maximum absolute atomic E-state index is 12.7. The van der Waals surface area contributed by atoms with Gasteiger partial charge in [-0.15, -0.1) is 0 Å². The van der Waals surface area contributed by atoms with Crippen molar-refractivity contribution in [3.8, 4) is 5.75 Å². The lowest BCUT2D eigenvalue weighted by molar-refractivity contribution is 0.103. The number of benzene rings is 2. The van der Waals surface area contributed by atoms with Gasteiger partial charge in [0.1, 0.15) is 11.4 Å². The Kier molecular flexibility index (Phi) is 3.12. The molecule has 2 aromatic rings. The van der Waals surface area contributed by atoms with Crippen molar-refractivity contribution in [1.82, 2.24) is 0 Å². The van der Waals surface area contributed by atoms with Crippen LogP contribution in [-0.4, -0.2) is 11.4 Å². The fourth-order valence-corrected chi connectivity index (χ4v) is 3.02. The highest BCUT2D eigenvalue weighted by Crippen LogP contribution is 2.35. The summed E-state index contributed by atoms with van der Waals surface area (Å²) in [5.41, 5.74) is 4.66. The maximum atomic E-state index is 12.7. The third-order valence-electron chi connectivity index (χ3n) is 3.81. The van der Waals surface area contributed by atoms with Crippen molar-refractivity contribution in [2.24, 2.45) is 0 Å². The van der Waals surface area contributed by atoms with Crippen LogP contribution in [-0.2, 0) is 6.42 Å². The summed E-state index contributed by atoms with van der Waals surface area (Å²) in [6.07, 6.45) is 0.844. The Labute approximate surface area is 125 Å². The summed E-state index contributed by atoms with van der Waals surface area (Å²) in [5, 5.41) is 0. The number of rotatable bonds is 2. The number of ether oxygens (including phenoxy) is 1. The predicted molar refractivity (Wildman–Crippen MR) is 84.2 cm³/mol. The number of carbonyl (C=O) groups excluding carboxylic acids is 1. The van der Waals surface area contributed by atoms with Crippen LogP contribution >= 0.6 is 0 Å². The SMILES string of the molecule is Cc1cc(C)cc(C(=O)c2ccc3c(c2)CC(C)(C)O3)c1. The summed E-state index contributed by atoms with van der Waals surface area (Å²) in [4.78, 5) is 12.7. The molecule has 0 aliphatic carbocycles. The Morgan fingerprint density at radius 3 is 2.33 bits per heavy atom. The monoisotopic (exact) mass is 280 g/mol. The molecule has 0 spiro atoms. The second kappa shape index (κ2) is 4.73. The van der Waals surface area contributed by atoms with Gasteiger partial charge in [-0.2, -0.15) is 0 Å². The molecule has 1 aliphatic heterocycles. The molecular weight excluding hydrogens is 260 g/mol. The Morgan fingerprint density at radius 2 is 1.67 bits per heavy atom. The minimum absolute atomic E-state index is 0.0781. The smallest absolute Gasteiger partial charge is 0.193 e. The van der Waals surface area contributed by atoms with Crippen LogP contribution in [0.2, 0.25) is 0 Å². The van der Waals surface area contributed by atoms with Gasteiger partial charge in [0.25, 0.3) is 0 Å². The molecule has 0 radical (unpaired) electrons. The molecule has 0 unspecified atom stereocenters. The summed E-state index contributed by atoms with van der Waals surface area (Å²) in [7, 11) is 0. The number of fused-ring (bicyclic) bond motifs is 1. The summed E-state index contributed by atoms with van der Waals surface area (Å²) in [6, 6.07) is 11.7. The second-order valence-electron chi connectivity index (χ2n) is 6.57. The first kappa shape index (κ1) is 13.9. The van der Waals surface area contributed by atoms with Gasteiger partial charge in [-0.1, -0.05) is 17.2 Å². The molecule has 1 heterocycles. The molecule has 0 saturated carbocycles. The molecule has 1 aliphatic rings. The minimum Gasteiger partial charge on any atom is -0.487 e. The lowest BCUT2D eigenvalue weighted by atomic mass is 9.96. The second-order valence-corrected chi connectivity index (χ2v) is 6.57. The molecule has 21 heavy (non-hydrogen) atoms. The highest BCUT2D eigenvalue weighted by atomic mass is 16.5. The van der Waals surface area contributed by atoms with E-state index in [0.717, 1.165) is 40.0 Å². The highest BCUT2D eigenvalue weighted by Gasteiger charge is 2.30. The molecule has 2 aromatic carbocycles. The van der Waals surface area contributed by atoms with Crippen LogP contribution in [0.25, 0.3) is 0 Å². The van der Waals surface area contributed by atoms with Gasteiger partial charge in [0.05, 0.1) is 0 Å². The molecule has 0 saturated heterocycles.